The first-order valence-corrected chi connectivity index (χ1v) is 9.49. The minimum Gasteiger partial charge on any atom is -0.490 e. The molecule has 27 heavy (non-hydrogen) atoms. The lowest BCUT2D eigenvalue weighted by Gasteiger charge is -2.38. The van der Waals surface area contributed by atoms with Crippen molar-refractivity contribution < 1.29 is 9.53 Å². The number of aromatic nitrogens is 2. The molecule has 0 atom stereocenters. The van der Waals surface area contributed by atoms with Crippen molar-refractivity contribution >= 4 is 18.3 Å². The maximum atomic E-state index is 13.1. The molecule has 6 nitrogen and oxygen atoms in total. The molecule has 7 heteroatoms. The third-order valence-electron chi connectivity index (χ3n) is 5.65. The molecule has 2 aliphatic heterocycles. The van der Waals surface area contributed by atoms with E-state index in [4.69, 9.17) is 4.74 Å². The fraction of sp³-hybridized carbons (Fsp3) is 0.500. The van der Waals surface area contributed by atoms with Gasteiger partial charge < -0.3 is 15.0 Å². The number of nitrogens with one attached hydrogen (secondary N) is 1. The van der Waals surface area contributed by atoms with Crippen LogP contribution < -0.4 is 10.1 Å². The number of para-hydroxylation sites is 1. The first kappa shape index (κ1) is 19.7. The molecule has 0 saturated carbocycles. The lowest BCUT2D eigenvalue weighted by Crippen LogP contribution is -2.44. The van der Waals surface area contributed by atoms with E-state index in [0.717, 1.165) is 44.7 Å². The maximum absolute atomic E-state index is 13.1. The van der Waals surface area contributed by atoms with E-state index in [9.17, 15) is 4.79 Å². The number of ether oxygens (including phenoxy) is 1. The predicted octanol–water partition coefficient (Wildman–Crippen LogP) is 2.91. The molecule has 0 unspecified atom stereocenters. The lowest BCUT2D eigenvalue weighted by atomic mass is 9.78. The number of amides is 1. The fourth-order valence-corrected chi connectivity index (χ4v) is 4.04. The zero-order valence-electron chi connectivity index (χ0n) is 15.7. The van der Waals surface area contributed by atoms with Gasteiger partial charge in [0, 0.05) is 19.6 Å². The Hall–Kier alpha value is -2.05. The second kappa shape index (κ2) is 8.31. The molecule has 2 aromatic rings. The Balaban J connectivity index is 0.00000210. The van der Waals surface area contributed by atoms with Crippen molar-refractivity contribution in [3.63, 3.8) is 0 Å². The molecular formula is C20H27ClN4O2. The molecule has 146 valence electrons. The van der Waals surface area contributed by atoms with Crippen LogP contribution in [0.25, 0.3) is 5.69 Å². The first-order valence-electron chi connectivity index (χ1n) is 9.49. The smallest absolute Gasteiger partial charge is 0.278 e. The number of piperidine rings is 1. The van der Waals surface area contributed by atoms with Crippen molar-refractivity contribution in [2.45, 2.75) is 26.2 Å². The van der Waals surface area contributed by atoms with E-state index in [0.29, 0.717) is 23.5 Å². The largest absolute Gasteiger partial charge is 0.490 e. The number of benzene rings is 1. The van der Waals surface area contributed by atoms with Gasteiger partial charge in [-0.1, -0.05) is 18.2 Å². The van der Waals surface area contributed by atoms with E-state index < -0.39 is 0 Å². The highest BCUT2D eigenvalue weighted by molar-refractivity contribution is 5.95. The number of nitrogens with zero attached hydrogens (tertiary/aromatic N) is 3. The quantitative estimate of drug-likeness (QED) is 0.872. The third-order valence-corrected chi connectivity index (χ3v) is 5.65. The number of likely N-dealkylation sites (tertiary alicyclic amines) is 1. The van der Waals surface area contributed by atoms with E-state index in [1.165, 1.54) is 6.42 Å². The zero-order valence-corrected chi connectivity index (χ0v) is 16.5. The maximum Gasteiger partial charge on any atom is 0.278 e. The average molecular weight is 391 g/mol. The van der Waals surface area contributed by atoms with Gasteiger partial charge in [0.05, 0.1) is 18.5 Å². The fourth-order valence-electron chi connectivity index (χ4n) is 4.04. The standard InChI is InChI=1S/C20H26N4O2.ClH/c1-2-26-17-14-24(16-6-4-3-5-7-16)22-18(17)19(25)23-12-9-20(10-13-23)8-11-21-15-20;/h3-7,14,21H,2,8-13,15H2,1H3;1H. The summed E-state index contributed by atoms with van der Waals surface area (Å²) in [6, 6.07) is 9.81. The van der Waals surface area contributed by atoms with Crippen LogP contribution >= 0.6 is 12.4 Å². The Kier molecular flexibility index (Phi) is 6.07. The van der Waals surface area contributed by atoms with Crippen LogP contribution in [0, 0.1) is 5.41 Å². The number of carbonyl (C=O) groups is 1. The summed E-state index contributed by atoms with van der Waals surface area (Å²) in [6.07, 6.45) is 5.16. The van der Waals surface area contributed by atoms with Gasteiger partial charge in [0.25, 0.3) is 5.91 Å². The highest BCUT2D eigenvalue weighted by atomic mass is 35.5. The van der Waals surface area contributed by atoms with Crippen molar-refractivity contribution in [3.8, 4) is 11.4 Å². The molecule has 1 aromatic heterocycles. The molecule has 0 bridgehead atoms. The molecule has 0 radical (unpaired) electrons. The van der Waals surface area contributed by atoms with Crippen molar-refractivity contribution in [2.75, 3.05) is 32.8 Å². The highest BCUT2D eigenvalue weighted by Crippen LogP contribution is 2.37. The van der Waals surface area contributed by atoms with Crippen molar-refractivity contribution in [1.82, 2.24) is 20.0 Å². The zero-order chi connectivity index (χ0) is 18.0. The minimum atomic E-state index is -0.0241. The summed E-state index contributed by atoms with van der Waals surface area (Å²) in [7, 11) is 0. The molecule has 3 heterocycles. The van der Waals surface area contributed by atoms with Crippen LogP contribution in [0.2, 0.25) is 0 Å². The van der Waals surface area contributed by atoms with Crippen molar-refractivity contribution in [2.24, 2.45) is 5.41 Å². The summed E-state index contributed by atoms with van der Waals surface area (Å²) in [4.78, 5) is 15.0. The molecule has 2 saturated heterocycles. The Morgan fingerprint density at radius 1 is 1.22 bits per heavy atom. The van der Waals surface area contributed by atoms with Gasteiger partial charge in [-0.15, -0.1) is 12.4 Å². The van der Waals surface area contributed by atoms with E-state index in [1.54, 1.807) is 10.9 Å². The van der Waals surface area contributed by atoms with Gasteiger partial charge in [-0.2, -0.15) is 5.10 Å². The van der Waals surface area contributed by atoms with E-state index >= 15 is 0 Å². The van der Waals surface area contributed by atoms with Gasteiger partial charge in [-0.05, 0) is 50.3 Å². The molecule has 2 aliphatic rings. The second-order valence-corrected chi connectivity index (χ2v) is 7.27. The Morgan fingerprint density at radius 2 is 1.96 bits per heavy atom. The number of carbonyl (C=O) groups excluding carboxylic acids is 1. The van der Waals surface area contributed by atoms with Crippen molar-refractivity contribution in [3.05, 3.63) is 42.2 Å². The molecule has 1 aromatic carbocycles. The molecule has 2 fully saturated rings. The van der Waals surface area contributed by atoms with Crippen LogP contribution in [0.4, 0.5) is 0 Å². The predicted molar refractivity (Wildman–Crippen MR) is 107 cm³/mol. The van der Waals surface area contributed by atoms with Crippen LogP contribution in [0.3, 0.4) is 0 Å². The normalized spacial score (nSPS) is 18.3. The van der Waals surface area contributed by atoms with Gasteiger partial charge in [0.1, 0.15) is 0 Å². The third kappa shape index (κ3) is 3.96. The van der Waals surface area contributed by atoms with Gasteiger partial charge in [-0.3, -0.25) is 4.79 Å². The average Bonchev–Trinajstić information content (AvgIpc) is 3.31. The number of hydrogen-bond acceptors (Lipinski definition) is 4. The van der Waals surface area contributed by atoms with Gasteiger partial charge >= 0.3 is 0 Å². The van der Waals surface area contributed by atoms with Crippen LogP contribution in [-0.4, -0.2) is 53.4 Å². The summed E-state index contributed by atoms with van der Waals surface area (Å²) >= 11 is 0. The van der Waals surface area contributed by atoms with Crippen LogP contribution in [0.1, 0.15) is 36.7 Å². The lowest BCUT2D eigenvalue weighted by molar-refractivity contribution is 0.0598. The van der Waals surface area contributed by atoms with Crippen LogP contribution in [0.5, 0.6) is 5.75 Å². The monoisotopic (exact) mass is 390 g/mol. The van der Waals surface area contributed by atoms with Crippen LogP contribution in [0.15, 0.2) is 36.5 Å². The molecule has 1 N–H and O–H groups in total. The topological polar surface area (TPSA) is 59.4 Å². The Morgan fingerprint density at radius 3 is 2.59 bits per heavy atom. The second-order valence-electron chi connectivity index (χ2n) is 7.27. The van der Waals surface area contributed by atoms with Crippen molar-refractivity contribution in [1.29, 1.82) is 0 Å². The van der Waals surface area contributed by atoms with E-state index in [1.807, 2.05) is 42.2 Å². The van der Waals surface area contributed by atoms with Crippen LogP contribution in [-0.2, 0) is 0 Å². The SMILES string of the molecule is CCOc1cn(-c2ccccc2)nc1C(=O)N1CCC2(CCNC2)CC1.Cl. The van der Waals surface area contributed by atoms with Gasteiger partial charge in [0.2, 0.25) is 0 Å². The van der Waals surface area contributed by atoms with Gasteiger partial charge in [0.15, 0.2) is 11.4 Å². The summed E-state index contributed by atoms with van der Waals surface area (Å²) in [5.74, 6) is 0.535. The van der Waals surface area contributed by atoms with E-state index in [-0.39, 0.29) is 18.3 Å². The summed E-state index contributed by atoms with van der Waals surface area (Å²) < 4.78 is 7.43. The molecule has 1 spiro atoms. The minimum absolute atomic E-state index is 0. The number of halogens is 1. The Bertz CT molecular complexity index is 762. The first-order chi connectivity index (χ1) is 12.7. The molecule has 4 rings (SSSR count). The number of hydrogen-bond donors (Lipinski definition) is 1. The highest BCUT2D eigenvalue weighted by Gasteiger charge is 2.39. The summed E-state index contributed by atoms with van der Waals surface area (Å²) in [6.45, 7) is 6.21. The number of rotatable bonds is 4. The summed E-state index contributed by atoms with van der Waals surface area (Å²) in [5.41, 5.74) is 1.72. The van der Waals surface area contributed by atoms with E-state index in [2.05, 4.69) is 10.4 Å². The summed E-state index contributed by atoms with van der Waals surface area (Å²) in [5, 5.41) is 8.02. The van der Waals surface area contributed by atoms with Gasteiger partial charge in [-0.25, -0.2) is 4.68 Å². The Labute approximate surface area is 166 Å². The molecular weight excluding hydrogens is 364 g/mol. The molecule has 0 aliphatic carbocycles. The molecule has 1 amide bonds.